The Morgan fingerprint density at radius 1 is 0.962 bits per heavy atom. The maximum absolute atomic E-state index is 12.6. The van der Waals surface area contributed by atoms with Gasteiger partial charge in [-0.25, -0.2) is 0 Å². The molecule has 1 saturated heterocycles. The summed E-state index contributed by atoms with van der Waals surface area (Å²) in [5.41, 5.74) is 0.805. The van der Waals surface area contributed by atoms with E-state index in [1.54, 1.807) is 29.2 Å². The fraction of sp³-hybridized carbons (Fsp3) is 0.235. The molecule has 0 bridgehead atoms. The van der Waals surface area contributed by atoms with Crippen molar-refractivity contribution < 1.29 is 9.72 Å². The van der Waals surface area contributed by atoms with E-state index in [9.17, 15) is 14.9 Å². The first-order chi connectivity index (χ1) is 12.4. The molecule has 0 radical (unpaired) electrons. The summed E-state index contributed by atoms with van der Waals surface area (Å²) in [6.07, 6.45) is 0. The summed E-state index contributed by atoms with van der Waals surface area (Å²) in [6.45, 7) is 1.72. The fourth-order valence-electron chi connectivity index (χ4n) is 2.91. The smallest absolute Gasteiger partial charge is 0.294 e. The van der Waals surface area contributed by atoms with Gasteiger partial charge in [-0.2, -0.15) is 0 Å². The Morgan fingerprint density at radius 2 is 1.65 bits per heavy atom. The van der Waals surface area contributed by atoms with Crippen molar-refractivity contribution in [2.24, 2.45) is 0 Å². The number of benzene rings is 2. The summed E-state index contributed by atoms with van der Waals surface area (Å²) in [5, 5.41) is 12.3. The van der Waals surface area contributed by atoms with Gasteiger partial charge in [-0.15, -0.1) is 0 Å². The SMILES string of the molecule is O=C(c1ccc(Cl)c(Cl)c1)N1CCN(c2c(Cl)cccc2[N+](=O)[O-])CC1. The zero-order valence-corrected chi connectivity index (χ0v) is 15.8. The van der Waals surface area contributed by atoms with Gasteiger partial charge < -0.3 is 9.80 Å². The highest BCUT2D eigenvalue weighted by atomic mass is 35.5. The van der Waals surface area contributed by atoms with Gasteiger partial charge in [0.1, 0.15) is 5.69 Å². The number of carbonyl (C=O) groups excluding carboxylic acids is 1. The third-order valence-corrected chi connectivity index (χ3v) is 5.26. The number of hydrogen-bond donors (Lipinski definition) is 0. The number of nitro benzene ring substituents is 1. The van der Waals surface area contributed by atoms with Crippen LogP contribution in [0.2, 0.25) is 15.1 Å². The van der Waals surface area contributed by atoms with Crippen LogP contribution < -0.4 is 4.90 Å². The van der Waals surface area contributed by atoms with Crippen molar-refractivity contribution in [1.82, 2.24) is 4.90 Å². The average molecular weight is 415 g/mol. The number of halogens is 3. The van der Waals surface area contributed by atoms with Gasteiger partial charge in [-0.05, 0) is 24.3 Å². The Labute approximate surface area is 165 Å². The van der Waals surface area contributed by atoms with E-state index in [0.717, 1.165) is 0 Å². The number of hydrogen-bond acceptors (Lipinski definition) is 4. The summed E-state index contributed by atoms with van der Waals surface area (Å²) >= 11 is 18.0. The zero-order chi connectivity index (χ0) is 18.8. The maximum atomic E-state index is 12.6. The van der Waals surface area contributed by atoms with Crippen LogP contribution in [0.1, 0.15) is 10.4 Å². The van der Waals surface area contributed by atoms with Crippen LogP contribution in [0.4, 0.5) is 11.4 Å². The van der Waals surface area contributed by atoms with E-state index in [1.165, 1.54) is 12.1 Å². The number of anilines is 1. The Bertz CT molecular complexity index is 868. The highest BCUT2D eigenvalue weighted by molar-refractivity contribution is 6.42. The molecule has 3 rings (SSSR count). The molecule has 0 aliphatic carbocycles. The Kier molecular flexibility index (Phi) is 5.55. The first kappa shape index (κ1) is 18.8. The van der Waals surface area contributed by atoms with Gasteiger partial charge in [0.15, 0.2) is 0 Å². The summed E-state index contributed by atoms with van der Waals surface area (Å²) in [7, 11) is 0. The quantitative estimate of drug-likeness (QED) is 0.547. The van der Waals surface area contributed by atoms with Crippen molar-refractivity contribution in [3.63, 3.8) is 0 Å². The molecule has 0 aromatic heterocycles. The van der Waals surface area contributed by atoms with Crippen molar-refractivity contribution in [3.8, 4) is 0 Å². The second-order valence-electron chi connectivity index (χ2n) is 5.77. The zero-order valence-electron chi connectivity index (χ0n) is 13.5. The molecule has 136 valence electrons. The lowest BCUT2D eigenvalue weighted by Gasteiger charge is -2.36. The Morgan fingerprint density at radius 3 is 2.27 bits per heavy atom. The van der Waals surface area contributed by atoms with Gasteiger partial charge in [-0.3, -0.25) is 14.9 Å². The van der Waals surface area contributed by atoms with Crippen LogP contribution in [0.5, 0.6) is 0 Å². The number of nitrogens with zero attached hydrogens (tertiary/aromatic N) is 3. The minimum Gasteiger partial charge on any atom is -0.361 e. The molecule has 9 heteroatoms. The molecular weight excluding hydrogens is 401 g/mol. The van der Waals surface area contributed by atoms with Crippen LogP contribution in [0.15, 0.2) is 36.4 Å². The number of para-hydroxylation sites is 1. The van der Waals surface area contributed by atoms with Crippen LogP contribution in [-0.2, 0) is 0 Å². The molecule has 2 aromatic carbocycles. The number of piperazine rings is 1. The van der Waals surface area contributed by atoms with E-state index < -0.39 is 4.92 Å². The monoisotopic (exact) mass is 413 g/mol. The molecule has 1 heterocycles. The molecule has 0 N–H and O–H groups in total. The predicted octanol–water partition coefficient (Wildman–Crippen LogP) is 4.52. The molecule has 1 aliphatic heterocycles. The minimum atomic E-state index is -0.450. The normalized spacial score (nSPS) is 14.4. The van der Waals surface area contributed by atoms with E-state index in [4.69, 9.17) is 34.8 Å². The minimum absolute atomic E-state index is 0.0400. The molecule has 0 unspecified atom stereocenters. The molecule has 1 fully saturated rings. The average Bonchev–Trinajstić information content (AvgIpc) is 2.63. The lowest BCUT2D eigenvalue weighted by Crippen LogP contribution is -2.49. The van der Waals surface area contributed by atoms with Gasteiger partial charge in [0.2, 0.25) is 0 Å². The molecule has 1 amide bonds. The van der Waals surface area contributed by atoms with E-state index in [-0.39, 0.29) is 11.6 Å². The second kappa shape index (κ2) is 7.70. The molecule has 0 atom stereocenters. The van der Waals surface area contributed by atoms with E-state index in [1.807, 2.05) is 4.90 Å². The third-order valence-electron chi connectivity index (χ3n) is 4.21. The Balaban J connectivity index is 1.75. The van der Waals surface area contributed by atoms with Crippen LogP contribution >= 0.6 is 34.8 Å². The number of rotatable bonds is 3. The van der Waals surface area contributed by atoms with Gasteiger partial charge in [0, 0.05) is 37.8 Å². The first-order valence-electron chi connectivity index (χ1n) is 7.80. The van der Waals surface area contributed by atoms with Crippen LogP contribution in [0, 0.1) is 10.1 Å². The van der Waals surface area contributed by atoms with E-state index in [2.05, 4.69) is 0 Å². The van der Waals surface area contributed by atoms with Crippen molar-refractivity contribution in [3.05, 3.63) is 67.1 Å². The summed E-state index contributed by atoms with van der Waals surface area (Å²) in [5.74, 6) is -0.156. The molecule has 1 aliphatic rings. The second-order valence-corrected chi connectivity index (χ2v) is 6.99. The number of carbonyl (C=O) groups is 1. The van der Waals surface area contributed by atoms with Crippen molar-refractivity contribution in [2.75, 3.05) is 31.1 Å². The van der Waals surface area contributed by atoms with Gasteiger partial charge in [0.05, 0.1) is 20.0 Å². The predicted molar refractivity (Wildman–Crippen MR) is 103 cm³/mol. The topological polar surface area (TPSA) is 66.7 Å². The third kappa shape index (κ3) is 3.72. The fourth-order valence-corrected chi connectivity index (χ4v) is 3.50. The maximum Gasteiger partial charge on any atom is 0.294 e. The Hall–Kier alpha value is -2.02. The van der Waals surface area contributed by atoms with Gasteiger partial charge >= 0.3 is 0 Å². The van der Waals surface area contributed by atoms with Gasteiger partial charge in [-0.1, -0.05) is 40.9 Å². The summed E-state index contributed by atoms with van der Waals surface area (Å²) < 4.78 is 0. The van der Waals surface area contributed by atoms with E-state index >= 15 is 0 Å². The number of amides is 1. The van der Waals surface area contributed by atoms with E-state index in [0.29, 0.717) is 52.5 Å². The molecule has 0 saturated carbocycles. The molecular formula is C17H14Cl3N3O3. The summed E-state index contributed by atoms with van der Waals surface area (Å²) in [6, 6.07) is 9.35. The van der Waals surface area contributed by atoms with Crippen LogP contribution in [0.25, 0.3) is 0 Å². The summed E-state index contributed by atoms with van der Waals surface area (Å²) in [4.78, 5) is 26.9. The lowest BCUT2D eigenvalue weighted by atomic mass is 10.1. The largest absolute Gasteiger partial charge is 0.361 e. The molecule has 0 spiro atoms. The van der Waals surface area contributed by atoms with Crippen molar-refractivity contribution >= 4 is 52.1 Å². The lowest BCUT2D eigenvalue weighted by molar-refractivity contribution is -0.384. The van der Waals surface area contributed by atoms with Crippen LogP contribution in [-0.4, -0.2) is 41.9 Å². The van der Waals surface area contributed by atoms with Gasteiger partial charge in [0.25, 0.3) is 11.6 Å². The van der Waals surface area contributed by atoms with Crippen molar-refractivity contribution in [2.45, 2.75) is 0 Å². The highest BCUT2D eigenvalue weighted by Gasteiger charge is 2.28. The first-order valence-corrected chi connectivity index (χ1v) is 8.94. The molecule has 6 nitrogen and oxygen atoms in total. The standard InChI is InChI=1S/C17H14Cl3N3O3/c18-12-5-4-11(10-14(12)20)17(24)22-8-6-21(7-9-22)16-13(19)2-1-3-15(16)23(25)26/h1-5,10H,6-9H2. The molecule has 2 aromatic rings. The highest BCUT2D eigenvalue weighted by Crippen LogP contribution is 2.36. The molecule has 26 heavy (non-hydrogen) atoms. The van der Waals surface area contributed by atoms with Crippen molar-refractivity contribution in [1.29, 1.82) is 0 Å². The van der Waals surface area contributed by atoms with Crippen LogP contribution in [0.3, 0.4) is 0 Å². The number of nitro groups is 1.